The fourth-order valence-corrected chi connectivity index (χ4v) is 7.24. The summed E-state index contributed by atoms with van der Waals surface area (Å²) < 4.78 is 21.9. The molecule has 1 rings (SSSR count). The van der Waals surface area contributed by atoms with E-state index in [1.165, 1.54) is 69.8 Å². The van der Waals surface area contributed by atoms with E-state index < -0.39 is 26.4 Å². The van der Waals surface area contributed by atoms with Gasteiger partial charge in [-0.25, -0.2) is 0 Å². The highest BCUT2D eigenvalue weighted by Gasteiger charge is 2.33. The number of hydrogen-bond donors (Lipinski definition) is 1. The standard InChI is InChI=1S/C30H51O5PS2/c1-4-7-8-9-10-11-12-13-14-18-23-37-28(19-5-2)27(26-20-16-15-17-21-26)25-38-35-29(31)24-30(32,36-33)34-22-6-3/h15-17,20-21,27-28,32H,4-14,18-19,22-25H2,1-3H3. The molecule has 0 radical (unpaired) electrons. The third-order valence-corrected chi connectivity index (χ3v) is 9.42. The molecule has 1 aromatic rings. The van der Waals surface area contributed by atoms with Crippen molar-refractivity contribution in [3.05, 3.63) is 35.9 Å². The maximum absolute atomic E-state index is 12.3. The lowest BCUT2D eigenvalue weighted by Gasteiger charge is -2.27. The molecule has 0 aliphatic carbocycles. The van der Waals surface area contributed by atoms with Crippen LogP contribution in [0.5, 0.6) is 0 Å². The van der Waals surface area contributed by atoms with Crippen molar-refractivity contribution >= 4 is 38.2 Å². The molecule has 0 amide bonds. The van der Waals surface area contributed by atoms with E-state index in [1.54, 1.807) is 0 Å². The largest absolute Gasteiger partial charge is 0.391 e. The first-order chi connectivity index (χ1) is 18.5. The number of ether oxygens (including phenoxy) is 1. The number of thioether (sulfide) groups is 1. The smallest absolute Gasteiger partial charge is 0.324 e. The monoisotopic (exact) mass is 586 g/mol. The van der Waals surface area contributed by atoms with E-state index in [2.05, 4.69) is 49.9 Å². The zero-order chi connectivity index (χ0) is 27.9. The molecular weight excluding hydrogens is 535 g/mol. The van der Waals surface area contributed by atoms with Gasteiger partial charge in [0.05, 0.1) is 18.6 Å². The molecule has 1 N–H and O–H groups in total. The molecule has 8 heteroatoms. The van der Waals surface area contributed by atoms with E-state index in [1.807, 2.05) is 13.0 Å². The van der Waals surface area contributed by atoms with Crippen LogP contribution in [0.4, 0.5) is 0 Å². The highest BCUT2D eigenvalue weighted by Crippen LogP contribution is 2.36. The SMILES string of the molecule is CCCCCCCCCCCCSC(CCC)C(CSOC(=O)CC(O)(OCCC)P=O)c1ccccc1. The Morgan fingerprint density at radius 2 is 1.55 bits per heavy atom. The summed E-state index contributed by atoms with van der Waals surface area (Å²) in [5, 5.41) is 10.7. The molecule has 3 atom stereocenters. The van der Waals surface area contributed by atoms with Gasteiger partial charge in [0.25, 0.3) is 5.53 Å². The molecule has 218 valence electrons. The van der Waals surface area contributed by atoms with Crippen LogP contribution in [-0.2, 0) is 18.3 Å². The van der Waals surface area contributed by atoms with Crippen molar-refractivity contribution in [2.45, 2.75) is 127 Å². The number of carbonyl (C=O) groups excluding carboxylic acids is 1. The average Bonchev–Trinajstić information content (AvgIpc) is 2.93. The summed E-state index contributed by atoms with van der Waals surface area (Å²) in [7, 11) is -0.637. The molecule has 0 saturated carbocycles. The van der Waals surface area contributed by atoms with Crippen LogP contribution in [0.2, 0.25) is 0 Å². The normalized spacial score (nSPS) is 14.7. The molecule has 0 aliphatic rings. The zero-order valence-electron chi connectivity index (χ0n) is 23.9. The van der Waals surface area contributed by atoms with Crippen molar-refractivity contribution in [3.63, 3.8) is 0 Å². The summed E-state index contributed by atoms with van der Waals surface area (Å²) in [6.45, 7) is 6.59. The first-order valence-corrected chi connectivity index (χ1v) is 17.5. The Hall–Kier alpha value is -0.590. The molecule has 1 aromatic carbocycles. The summed E-state index contributed by atoms with van der Waals surface area (Å²) in [4.78, 5) is 12.3. The number of rotatable bonds is 25. The van der Waals surface area contributed by atoms with Crippen LogP contribution in [-0.4, -0.2) is 40.0 Å². The van der Waals surface area contributed by atoms with Gasteiger partial charge in [0.2, 0.25) is 8.46 Å². The van der Waals surface area contributed by atoms with E-state index >= 15 is 0 Å². The molecule has 0 aliphatic heterocycles. The van der Waals surface area contributed by atoms with Crippen molar-refractivity contribution in [1.82, 2.24) is 0 Å². The van der Waals surface area contributed by atoms with Crippen LogP contribution in [0.25, 0.3) is 0 Å². The zero-order valence-corrected chi connectivity index (χ0v) is 26.4. The summed E-state index contributed by atoms with van der Waals surface area (Å²) in [6, 6.07) is 10.5. The fraction of sp³-hybridized carbons (Fsp3) is 0.767. The van der Waals surface area contributed by atoms with Crippen LogP contribution in [0, 0.1) is 0 Å². The predicted octanol–water partition coefficient (Wildman–Crippen LogP) is 9.54. The number of unbranched alkanes of at least 4 members (excludes halogenated alkanes) is 9. The van der Waals surface area contributed by atoms with Gasteiger partial charge in [0, 0.05) is 16.9 Å². The third kappa shape index (κ3) is 16.5. The van der Waals surface area contributed by atoms with Gasteiger partial charge in [-0.3, -0.25) is 9.36 Å². The quantitative estimate of drug-likeness (QED) is 0.0529. The summed E-state index contributed by atoms with van der Waals surface area (Å²) in [5.41, 5.74) is -0.770. The topological polar surface area (TPSA) is 72.8 Å². The number of hydrogen-bond acceptors (Lipinski definition) is 7. The predicted molar refractivity (Wildman–Crippen MR) is 164 cm³/mol. The Labute approximate surface area is 242 Å². The molecule has 5 nitrogen and oxygen atoms in total. The highest BCUT2D eigenvalue weighted by atomic mass is 32.2. The third-order valence-electron chi connectivity index (χ3n) is 6.53. The van der Waals surface area contributed by atoms with Crippen molar-refractivity contribution in [2.75, 3.05) is 18.1 Å². The van der Waals surface area contributed by atoms with Crippen LogP contribution >= 0.6 is 32.3 Å². The lowest BCUT2D eigenvalue weighted by atomic mass is 9.95. The summed E-state index contributed by atoms with van der Waals surface area (Å²) in [5.74, 6) is 1.40. The van der Waals surface area contributed by atoms with Gasteiger partial charge in [-0.1, -0.05) is 115 Å². The molecule has 0 aromatic heterocycles. The van der Waals surface area contributed by atoms with Crippen LogP contribution in [0.3, 0.4) is 0 Å². The number of benzene rings is 1. The Balaban J connectivity index is 2.54. The Morgan fingerprint density at radius 3 is 2.13 bits per heavy atom. The van der Waals surface area contributed by atoms with Crippen LogP contribution in [0.15, 0.2) is 30.3 Å². The van der Waals surface area contributed by atoms with Gasteiger partial charge in [-0.15, -0.1) is 0 Å². The van der Waals surface area contributed by atoms with Gasteiger partial charge in [-0.05, 0) is 30.6 Å². The van der Waals surface area contributed by atoms with E-state index in [-0.39, 0.29) is 12.5 Å². The second kappa shape index (κ2) is 23.1. The molecule has 3 unspecified atom stereocenters. The van der Waals surface area contributed by atoms with Crippen molar-refractivity contribution in [3.8, 4) is 0 Å². The van der Waals surface area contributed by atoms with Crippen molar-refractivity contribution in [1.29, 1.82) is 0 Å². The fourth-order valence-electron chi connectivity index (χ4n) is 4.39. The van der Waals surface area contributed by atoms with Gasteiger partial charge in [0.1, 0.15) is 6.42 Å². The summed E-state index contributed by atoms with van der Waals surface area (Å²) >= 11 is 3.17. The van der Waals surface area contributed by atoms with Crippen molar-refractivity contribution < 1.29 is 23.4 Å². The number of carbonyl (C=O) groups is 1. The van der Waals surface area contributed by atoms with E-state index in [0.29, 0.717) is 17.4 Å². The maximum Gasteiger partial charge on any atom is 0.324 e. The van der Waals surface area contributed by atoms with Gasteiger partial charge >= 0.3 is 5.97 Å². The van der Waals surface area contributed by atoms with Crippen LogP contribution in [0.1, 0.15) is 122 Å². The summed E-state index contributed by atoms with van der Waals surface area (Å²) in [6.07, 6.45) is 15.9. The minimum absolute atomic E-state index is 0.219. The molecule has 38 heavy (non-hydrogen) atoms. The average molecular weight is 587 g/mol. The Morgan fingerprint density at radius 1 is 0.921 bits per heavy atom. The second-order valence-electron chi connectivity index (χ2n) is 10.00. The molecule has 0 fully saturated rings. The van der Waals surface area contributed by atoms with E-state index in [0.717, 1.165) is 30.6 Å². The molecule has 0 heterocycles. The second-order valence-corrected chi connectivity index (χ2v) is 13.0. The molecule has 0 bridgehead atoms. The minimum Gasteiger partial charge on any atom is -0.391 e. The number of aliphatic hydroxyl groups is 1. The van der Waals surface area contributed by atoms with E-state index in [4.69, 9.17) is 8.92 Å². The Kier molecular flexibility index (Phi) is 21.6. The molecule has 0 spiro atoms. The van der Waals surface area contributed by atoms with Crippen LogP contribution < -0.4 is 0 Å². The van der Waals surface area contributed by atoms with Gasteiger partial charge < -0.3 is 14.0 Å². The van der Waals surface area contributed by atoms with Crippen molar-refractivity contribution in [2.24, 2.45) is 0 Å². The Bertz CT molecular complexity index is 724. The molecule has 0 saturated heterocycles. The lowest BCUT2D eigenvalue weighted by Crippen LogP contribution is -2.29. The first kappa shape index (κ1) is 35.4. The van der Waals surface area contributed by atoms with Gasteiger partial charge in [-0.2, -0.15) is 11.8 Å². The molecular formula is C30H51O5PS2. The van der Waals surface area contributed by atoms with E-state index in [9.17, 15) is 14.5 Å². The lowest BCUT2D eigenvalue weighted by molar-refractivity contribution is -0.162. The van der Waals surface area contributed by atoms with Gasteiger partial charge in [0.15, 0.2) is 0 Å². The highest BCUT2D eigenvalue weighted by molar-refractivity contribution is 8.00. The first-order valence-electron chi connectivity index (χ1n) is 14.7. The maximum atomic E-state index is 12.3. The minimum atomic E-state index is -2.03.